The first kappa shape index (κ1) is 10.4. The first-order chi connectivity index (χ1) is 6.84. The van der Waals surface area contributed by atoms with Gasteiger partial charge in [0.25, 0.3) is 0 Å². The molecule has 0 heterocycles. The van der Waals surface area contributed by atoms with Gasteiger partial charge in [-0.25, -0.2) is 0 Å². The summed E-state index contributed by atoms with van der Waals surface area (Å²) in [7, 11) is 0. The molecule has 2 aromatic rings. The Bertz CT molecular complexity index is 392. The van der Waals surface area contributed by atoms with Crippen molar-refractivity contribution in [3.63, 3.8) is 0 Å². The van der Waals surface area contributed by atoms with Gasteiger partial charge in [-0.1, -0.05) is 0 Å². The van der Waals surface area contributed by atoms with Crippen LogP contribution in [0.4, 0.5) is 0 Å². The summed E-state index contributed by atoms with van der Waals surface area (Å²) in [6, 6.07) is 19.6. The molecule has 0 bridgehead atoms. The van der Waals surface area contributed by atoms with E-state index in [-0.39, 0.29) is 21.2 Å². The van der Waals surface area contributed by atoms with E-state index in [0.29, 0.717) is 0 Å². The van der Waals surface area contributed by atoms with Crippen molar-refractivity contribution in [2.45, 2.75) is 0 Å². The Morgan fingerprint density at radius 3 is 1.93 bits per heavy atom. The summed E-state index contributed by atoms with van der Waals surface area (Å²) in [5.74, 6) is 0. The number of benzene rings is 2. The number of hydrogen-bond donors (Lipinski definition) is 0. The van der Waals surface area contributed by atoms with E-state index in [4.69, 9.17) is 0 Å². The summed E-state index contributed by atoms with van der Waals surface area (Å²) in [5, 5.41) is 0. The van der Waals surface area contributed by atoms with Gasteiger partial charge < -0.3 is 0 Å². The van der Waals surface area contributed by atoms with Gasteiger partial charge in [-0.05, 0) is 0 Å². The van der Waals surface area contributed by atoms with Crippen molar-refractivity contribution >= 4 is 22.6 Å². The predicted octanol–water partition coefficient (Wildman–Crippen LogP) is 0.420. The van der Waals surface area contributed by atoms with Crippen LogP contribution in [0.2, 0.25) is 0 Å². The molecular formula is C12H9I2-. The van der Waals surface area contributed by atoms with Crippen LogP contribution in [-0.4, -0.2) is 0 Å². The maximum absolute atomic E-state index is 2.34. The molecule has 0 aliphatic heterocycles. The summed E-state index contributed by atoms with van der Waals surface area (Å²) in [6.07, 6.45) is 0. The number of rotatable bonds is 2. The van der Waals surface area contributed by atoms with Crippen LogP contribution in [0.25, 0.3) is 0 Å². The van der Waals surface area contributed by atoms with Crippen LogP contribution in [0, 0.1) is 10.7 Å². The Morgan fingerprint density at radius 1 is 0.714 bits per heavy atom. The fourth-order valence-corrected chi connectivity index (χ4v) is 3.67. The second-order valence-corrected chi connectivity index (χ2v) is 7.10. The van der Waals surface area contributed by atoms with Crippen molar-refractivity contribution in [2.75, 3.05) is 0 Å². The molecule has 0 aliphatic rings. The molecule has 2 aromatic carbocycles. The standard InChI is InChI=1S/C12H9I2/c13-10-6-8-12(9-7-10)14-11-4-2-1-3-5-11/h1-9H/q-1. The summed E-state index contributed by atoms with van der Waals surface area (Å²) >= 11 is 2.35. The average Bonchev–Trinajstić information content (AvgIpc) is 2.23. The normalized spacial score (nSPS) is 10.4. The van der Waals surface area contributed by atoms with Crippen molar-refractivity contribution in [3.8, 4) is 0 Å². The number of hydrogen-bond acceptors (Lipinski definition) is 0. The Kier molecular flexibility index (Phi) is 3.81. The molecule has 0 nitrogen and oxygen atoms in total. The molecule has 0 aromatic heterocycles. The maximum atomic E-state index is 2.34. The van der Waals surface area contributed by atoms with Crippen LogP contribution < -0.4 is 21.2 Å². The molecule has 2 heteroatoms. The van der Waals surface area contributed by atoms with Crippen LogP contribution in [0.1, 0.15) is 0 Å². The summed E-state index contributed by atoms with van der Waals surface area (Å²) in [6.45, 7) is 0. The van der Waals surface area contributed by atoms with E-state index in [0.717, 1.165) is 0 Å². The summed E-state index contributed by atoms with van der Waals surface area (Å²) < 4.78 is 4.27. The zero-order chi connectivity index (χ0) is 9.80. The van der Waals surface area contributed by atoms with Gasteiger partial charge in [0.15, 0.2) is 0 Å². The van der Waals surface area contributed by atoms with Gasteiger partial charge in [0, 0.05) is 0 Å². The zero-order valence-corrected chi connectivity index (χ0v) is 11.8. The third-order valence-corrected chi connectivity index (χ3v) is 5.16. The molecule has 2 rings (SSSR count). The van der Waals surface area contributed by atoms with E-state index in [1.54, 1.807) is 0 Å². The zero-order valence-electron chi connectivity index (χ0n) is 7.45. The molecule has 0 saturated carbocycles. The van der Waals surface area contributed by atoms with E-state index in [1.165, 1.54) is 10.7 Å². The van der Waals surface area contributed by atoms with Crippen LogP contribution >= 0.6 is 22.6 Å². The predicted molar refractivity (Wildman–Crippen MR) is 63.0 cm³/mol. The van der Waals surface area contributed by atoms with Crippen LogP contribution in [-0.2, 0) is 0 Å². The topological polar surface area (TPSA) is 0 Å². The molecule has 0 unspecified atom stereocenters. The van der Waals surface area contributed by atoms with E-state index >= 15 is 0 Å². The fourth-order valence-electron chi connectivity index (χ4n) is 1.10. The molecule has 72 valence electrons. The molecule has 0 saturated heterocycles. The molecule has 0 fully saturated rings. The summed E-state index contributed by atoms with van der Waals surface area (Å²) in [4.78, 5) is 0. The van der Waals surface area contributed by atoms with Crippen molar-refractivity contribution < 1.29 is 21.2 Å². The summed E-state index contributed by atoms with van der Waals surface area (Å²) in [5.41, 5.74) is 0. The minimum absolute atomic E-state index is 0.0126. The molecule has 0 radical (unpaired) electrons. The first-order valence-corrected chi connectivity index (χ1v) is 7.54. The molecule has 0 spiro atoms. The molecule has 0 N–H and O–H groups in total. The second-order valence-electron chi connectivity index (χ2n) is 2.83. The van der Waals surface area contributed by atoms with E-state index in [2.05, 4.69) is 77.2 Å². The Labute approximate surface area is 108 Å². The molecule has 0 aliphatic carbocycles. The van der Waals surface area contributed by atoms with Crippen molar-refractivity contribution in [1.29, 1.82) is 0 Å². The van der Waals surface area contributed by atoms with Crippen LogP contribution in [0.3, 0.4) is 0 Å². The van der Waals surface area contributed by atoms with Crippen LogP contribution in [0.15, 0.2) is 54.6 Å². The molecule has 0 atom stereocenters. The van der Waals surface area contributed by atoms with E-state index in [1.807, 2.05) is 0 Å². The molecule has 0 amide bonds. The van der Waals surface area contributed by atoms with E-state index in [9.17, 15) is 0 Å². The minimum atomic E-state index is 0.0126. The average molecular weight is 407 g/mol. The van der Waals surface area contributed by atoms with Gasteiger partial charge in [0.05, 0.1) is 0 Å². The van der Waals surface area contributed by atoms with E-state index < -0.39 is 0 Å². The third kappa shape index (κ3) is 2.95. The first-order valence-electron chi connectivity index (χ1n) is 4.30. The van der Waals surface area contributed by atoms with Gasteiger partial charge in [-0.2, -0.15) is 0 Å². The van der Waals surface area contributed by atoms with Gasteiger partial charge in [0.2, 0.25) is 0 Å². The van der Waals surface area contributed by atoms with Gasteiger partial charge in [-0.3, -0.25) is 0 Å². The molecular weight excluding hydrogens is 398 g/mol. The van der Waals surface area contributed by atoms with Gasteiger partial charge in [-0.15, -0.1) is 0 Å². The number of halogens is 2. The third-order valence-electron chi connectivity index (χ3n) is 1.75. The van der Waals surface area contributed by atoms with Crippen LogP contribution in [0.5, 0.6) is 0 Å². The molecule has 14 heavy (non-hydrogen) atoms. The van der Waals surface area contributed by atoms with Crippen molar-refractivity contribution in [2.24, 2.45) is 0 Å². The quantitative estimate of drug-likeness (QED) is 0.634. The van der Waals surface area contributed by atoms with Gasteiger partial charge in [0.1, 0.15) is 0 Å². The Hall–Kier alpha value is -0.100. The Balaban J connectivity index is 2.16. The SMILES string of the molecule is Ic1ccc([I-]c2ccccc2)cc1. The van der Waals surface area contributed by atoms with Crippen molar-refractivity contribution in [1.82, 2.24) is 0 Å². The fraction of sp³-hybridized carbons (Fsp3) is 0. The van der Waals surface area contributed by atoms with Crippen molar-refractivity contribution in [3.05, 3.63) is 65.3 Å². The monoisotopic (exact) mass is 407 g/mol. The Morgan fingerprint density at radius 2 is 1.29 bits per heavy atom. The second kappa shape index (κ2) is 5.11. The van der Waals surface area contributed by atoms with Gasteiger partial charge >= 0.3 is 109 Å².